The molecule has 124 valence electrons. The Labute approximate surface area is 137 Å². The van der Waals surface area contributed by atoms with Crippen molar-refractivity contribution in [2.24, 2.45) is 0 Å². The predicted octanol–water partition coefficient (Wildman–Crippen LogP) is 0.381. The summed E-state index contributed by atoms with van der Waals surface area (Å²) in [4.78, 5) is 36.7. The number of H-pyrrole nitrogens is 1. The third kappa shape index (κ3) is 4.16. The average molecular weight is 328 g/mol. The number of ether oxygens (including phenoxy) is 1. The number of nitriles is 1. The molecule has 1 amide bonds. The van der Waals surface area contributed by atoms with Crippen molar-refractivity contribution in [3.8, 4) is 6.07 Å². The highest BCUT2D eigenvalue weighted by Crippen LogP contribution is 2.13. The van der Waals surface area contributed by atoms with Crippen LogP contribution in [0.5, 0.6) is 0 Å². The normalized spacial score (nSPS) is 10.2. The maximum Gasteiger partial charge on any atom is 0.312 e. The molecule has 0 unspecified atom stereocenters. The lowest BCUT2D eigenvalue weighted by molar-refractivity contribution is -0.150. The third-order valence-electron chi connectivity index (χ3n) is 3.43. The quantitative estimate of drug-likeness (QED) is 0.766. The molecule has 1 heterocycles. The Morgan fingerprint density at radius 3 is 2.75 bits per heavy atom. The van der Waals surface area contributed by atoms with Gasteiger partial charge in [-0.1, -0.05) is 18.2 Å². The van der Waals surface area contributed by atoms with Crippen LogP contribution in [0.25, 0.3) is 10.8 Å². The molecule has 0 aliphatic rings. The number of carbonyl (C=O) groups is 2. The van der Waals surface area contributed by atoms with Gasteiger partial charge in [0.1, 0.15) is 0 Å². The molecule has 0 fully saturated rings. The van der Waals surface area contributed by atoms with E-state index in [1.807, 2.05) is 6.07 Å². The molecule has 8 nitrogen and oxygen atoms in total. The fourth-order valence-electron chi connectivity index (χ4n) is 2.09. The number of esters is 1. The zero-order valence-corrected chi connectivity index (χ0v) is 13.1. The van der Waals surface area contributed by atoms with E-state index in [-0.39, 0.29) is 24.9 Å². The third-order valence-corrected chi connectivity index (χ3v) is 3.43. The van der Waals surface area contributed by atoms with Crippen LogP contribution in [-0.2, 0) is 20.7 Å². The average Bonchev–Trinajstić information content (AvgIpc) is 2.60. The number of aromatic nitrogens is 2. The van der Waals surface area contributed by atoms with Gasteiger partial charge in [0.2, 0.25) is 0 Å². The molecule has 0 saturated heterocycles. The molecule has 1 N–H and O–H groups in total. The molecule has 1 aromatic carbocycles. The number of carbonyl (C=O) groups excluding carboxylic acids is 2. The molecule has 1 aromatic heterocycles. The largest absolute Gasteiger partial charge is 0.455 e. The number of hydrogen-bond acceptors (Lipinski definition) is 6. The smallest absolute Gasteiger partial charge is 0.312 e. The number of nitrogens with zero attached hydrogens (tertiary/aromatic N) is 3. The maximum atomic E-state index is 11.9. The van der Waals surface area contributed by atoms with Gasteiger partial charge in [0.25, 0.3) is 11.5 Å². The van der Waals surface area contributed by atoms with Gasteiger partial charge in [-0.2, -0.15) is 10.4 Å². The molecule has 0 bridgehead atoms. The molecule has 0 atom stereocenters. The van der Waals surface area contributed by atoms with Gasteiger partial charge in [0, 0.05) is 19.0 Å². The lowest BCUT2D eigenvalue weighted by Crippen LogP contribution is -2.32. The van der Waals surface area contributed by atoms with E-state index in [4.69, 9.17) is 10.00 Å². The van der Waals surface area contributed by atoms with E-state index < -0.39 is 18.5 Å². The SMILES string of the molecule is CN(CCC#N)C(=O)COC(=O)Cc1n[nH]c(=O)c2ccccc12. The van der Waals surface area contributed by atoms with Crippen molar-refractivity contribution in [2.45, 2.75) is 12.8 Å². The molecule has 0 aliphatic heterocycles. The number of likely N-dealkylation sites (N-methyl/N-ethyl adjacent to an activating group) is 1. The van der Waals surface area contributed by atoms with E-state index >= 15 is 0 Å². The number of hydrogen-bond donors (Lipinski definition) is 1. The van der Waals surface area contributed by atoms with Gasteiger partial charge in [-0.15, -0.1) is 0 Å². The summed E-state index contributed by atoms with van der Waals surface area (Å²) in [6.45, 7) is -0.124. The minimum absolute atomic E-state index is 0.160. The molecular weight excluding hydrogens is 312 g/mol. The first-order chi connectivity index (χ1) is 11.5. The Morgan fingerprint density at radius 1 is 1.33 bits per heavy atom. The van der Waals surface area contributed by atoms with Gasteiger partial charge < -0.3 is 9.64 Å². The van der Waals surface area contributed by atoms with E-state index in [1.165, 1.54) is 11.9 Å². The highest BCUT2D eigenvalue weighted by atomic mass is 16.5. The lowest BCUT2D eigenvalue weighted by atomic mass is 10.1. The van der Waals surface area contributed by atoms with E-state index in [9.17, 15) is 14.4 Å². The van der Waals surface area contributed by atoms with E-state index in [0.717, 1.165) is 0 Å². The van der Waals surface area contributed by atoms with Gasteiger partial charge in [-0.05, 0) is 6.07 Å². The predicted molar refractivity (Wildman–Crippen MR) is 84.9 cm³/mol. The summed E-state index contributed by atoms with van der Waals surface area (Å²) in [5.41, 5.74) is 0.0393. The molecule has 8 heteroatoms. The molecule has 0 radical (unpaired) electrons. The monoisotopic (exact) mass is 328 g/mol. The molecule has 2 rings (SSSR count). The molecular formula is C16H16N4O4. The molecule has 0 spiro atoms. The fraction of sp³-hybridized carbons (Fsp3) is 0.312. The molecule has 2 aromatic rings. The summed E-state index contributed by atoms with van der Waals surface area (Å²) in [6.07, 6.45) is 0.0515. The zero-order chi connectivity index (χ0) is 17.5. The van der Waals surface area contributed by atoms with E-state index in [2.05, 4.69) is 10.2 Å². The highest BCUT2D eigenvalue weighted by Gasteiger charge is 2.15. The van der Waals surface area contributed by atoms with Gasteiger partial charge in [-0.25, -0.2) is 5.10 Å². The van der Waals surface area contributed by atoms with Crippen LogP contribution in [0, 0.1) is 11.3 Å². The van der Waals surface area contributed by atoms with Crippen LogP contribution in [-0.4, -0.2) is 47.2 Å². The first kappa shape index (κ1) is 17.1. The highest BCUT2D eigenvalue weighted by molar-refractivity contribution is 5.87. The van der Waals surface area contributed by atoms with Crippen LogP contribution in [0.15, 0.2) is 29.1 Å². The summed E-state index contributed by atoms with van der Waals surface area (Å²) >= 11 is 0. The van der Waals surface area contributed by atoms with Crippen molar-refractivity contribution in [1.29, 1.82) is 5.26 Å². The van der Waals surface area contributed by atoms with Crippen LogP contribution < -0.4 is 5.56 Å². The minimum Gasteiger partial charge on any atom is -0.455 e. The summed E-state index contributed by atoms with van der Waals surface area (Å²) in [5, 5.41) is 15.7. The Balaban J connectivity index is 1.99. The number of nitrogens with one attached hydrogen (secondary N) is 1. The fourth-order valence-corrected chi connectivity index (χ4v) is 2.09. The van der Waals surface area contributed by atoms with Crippen LogP contribution in [0.1, 0.15) is 12.1 Å². The summed E-state index contributed by atoms with van der Waals surface area (Å²) in [5.74, 6) is -1.01. The van der Waals surface area contributed by atoms with Gasteiger partial charge in [0.05, 0.1) is 30.0 Å². The first-order valence-corrected chi connectivity index (χ1v) is 7.25. The first-order valence-electron chi connectivity index (χ1n) is 7.25. The van der Waals surface area contributed by atoms with Gasteiger partial charge in [-0.3, -0.25) is 14.4 Å². The number of aromatic amines is 1. The van der Waals surface area contributed by atoms with Crippen molar-refractivity contribution in [3.63, 3.8) is 0 Å². The number of fused-ring (bicyclic) bond motifs is 1. The second kappa shape index (κ2) is 7.87. The Bertz CT molecular complexity index is 853. The van der Waals surface area contributed by atoms with Crippen molar-refractivity contribution >= 4 is 22.6 Å². The van der Waals surface area contributed by atoms with Crippen LogP contribution >= 0.6 is 0 Å². The molecule has 0 saturated carbocycles. The van der Waals surface area contributed by atoms with Gasteiger partial charge in [0.15, 0.2) is 6.61 Å². The van der Waals surface area contributed by atoms with Crippen molar-refractivity contribution in [2.75, 3.05) is 20.2 Å². The number of benzene rings is 1. The summed E-state index contributed by atoms with van der Waals surface area (Å²) < 4.78 is 4.94. The van der Waals surface area contributed by atoms with Crippen LogP contribution in [0.3, 0.4) is 0 Å². The second-order valence-corrected chi connectivity index (χ2v) is 5.11. The Morgan fingerprint density at radius 2 is 2.04 bits per heavy atom. The maximum absolute atomic E-state index is 11.9. The van der Waals surface area contributed by atoms with Crippen LogP contribution in [0.2, 0.25) is 0 Å². The van der Waals surface area contributed by atoms with E-state index in [0.29, 0.717) is 16.5 Å². The number of rotatable bonds is 6. The Kier molecular flexibility index (Phi) is 5.63. The lowest BCUT2D eigenvalue weighted by Gasteiger charge is -2.15. The summed E-state index contributed by atoms with van der Waals surface area (Å²) in [7, 11) is 1.53. The Hall–Kier alpha value is -3.21. The van der Waals surface area contributed by atoms with Crippen molar-refractivity contribution in [1.82, 2.24) is 15.1 Å². The molecule has 0 aliphatic carbocycles. The number of amides is 1. The van der Waals surface area contributed by atoms with Gasteiger partial charge >= 0.3 is 5.97 Å². The van der Waals surface area contributed by atoms with E-state index in [1.54, 1.807) is 24.3 Å². The van der Waals surface area contributed by atoms with Crippen molar-refractivity contribution in [3.05, 3.63) is 40.3 Å². The van der Waals surface area contributed by atoms with Crippen molar-refractivity contribution < 1.29 is 14.3 Å². The molecule has 24 heavy (non-hydrogen) atoms. The zero-order valence-electron chi connectivity index (χ0n) is 13.1. The topological polar surface area (TPSA) is 116 Å². The standard InChI is InChI=1S/C16H16N4O4/c1-20(8-4-7-17)14(21)10-24-15(22)9-13-11-5-2-3-6-12(11)16(23)19-18-13/h2-3,5-6H,4,8-10H2,1H3,(H,19,23). The summed E-state index contributed by atoms with van der Waals surface area (Å²) in [6, 6.07) is 8.73. The van der Waals surface area contributed by atoms with Crippen LogP contribution in [0.4, 0.5) is 0 Å². The second-order valence-electron chi connectivity index (χ2n) is 5.11. The minimum atomic E-state index is -0.623.